The topological polar surface area (TPSA) is 18.5 Å². The molecule has 0 aromatic heterocycles. The maximum absolute atomic E-state index is 7.22. The van der Waals surface area contributed by atoms with Gasteiger partial charge in [-0.05, 0) is 20.7 Å². The van der Waals surface area contributed by atoms with E-state index in [4.69, 9.17) is 8.23 Å². The summed E-state index contributed by atoms with van der Waals surface area (Å²) in [6.45, 7) is 0. The second-order valence-corrected chi connectivity index (χ2v) is 14.1. The molecule has 0 N–H and O–H groups in total. The van der Waals surface area contributed by atoms with Gasteiger partial charge in [-0.15, -0.1) is 0 Å². The third-order valence-corrected chi connectivity index (χ3v) is 13.5. The van der Waals surface area contributed by atoms with Crippen molar-refractivity contribution in [3.05, 3.63) is 121 Å². The molecule has 4 rings (SSSR count). The van der Waals surface area contributed by atoms with Crippen molar-refractivity contribution >= 4 is 48.8 Å². The van der Waals surface area contributed by atoms with E-state index in [0.717, 1.165) is 0 Å². The second kappa shape index (κ2) is 9.30. The van der Waals surface area contributed by atoms with E-state index >= 15 is 0 Å². The molecular weight excluding hydrogens is 405 g/mol. The predicted molar refractivity (Wildman–Crippen MR) is 129 cm³/mol. The predicted octanol–water partition coefficient (Wildman–Crippen LogP) is 1.09. The largest absolute Gasteiger partial charge is 0.444 e. The molecule has 0 bridgehead atoms. The van der Waals surface area contributed by atoms with E-state index in [1.165, 1.54) is 20.7 Å². The van der Waals surface area contributed by atoms with Crippen LogP contribution in [0.3, 0.4) is 0 Å². The molecule has 0 amide bonds. The third-order valence-electron chi connectivity index (χ3n) is 5.11. The van der Waals surface area contributed by atoms with Crippen molar-refractivity contribution in [1.82, 2.24) is 0 Å². The lowest BCUT2D eigenvalue weighted by atomic mass is 10.3. The summed E-state index contributed by atoms with van der Waals surface area (Å²) in [4.78, 5) is 0. The Hall–Kier alpha value is -2.55. The highest BCUT2D eigenvalue weighted by molar-refractivity contribution is 7.09. The van der Waals surface area contributed by atoms with Gasteiger partial charge in [-0.25, -0.2) is 0 Å². The molecule has 4 aromatic carbocycles. The lowest BCUT2D eigenvalue weighted by Gasteiger charge is -2.36. The highest BCUT2D eigenvalue weighted by Crippen LogP contribution is 2.12. The van der Waals surface area contributed by atoms with Gasteiger partial charge in [-0.1, -0.05) is 121 Å². The molecule has 0 saturated carbocycles. The van der Waals surface area contributed by atoms with Crippen molar-refractivity contribution in [1.29, 1.82) is 0 Å². The first-order chi connectivity index (χ1) is 14.3. The number of hydrogen-bond acceptors (Lipinski definition) is 2. The van der Waals surface area contributed by atoms with Crippen LogP contribution in [0.25, 0.3) is 0 Å². The van der Waals surface area contributed by atoms with Gasteiger partial charge in [0.25, 0.3) is 8.32 Å². The normalized spacial score (nSPS) is 12.6. The number of hydrogen-bond donors (Lipinski definition) is 0. The van der Waals surface area contributed by atoms with Crippen molar-refractivity contribution < 1.29 is 8.23 Å². The molecule has 0 aliphatic heterocycles. The highest BCUT2D eigenvalue weighted by atomic mass is 28.4. The molecule has 0 aliphatic carbocycles. The lowest BCUT2D eigenvalue weighted by molar-refractivity contribution is 0.471. The van der Waals surface area contributed by atoms with Crippen LogP contribution in [0.4, 0.5) is 0 Å². The highest BCUT2D eigenvalue weighted by Gasteiger charge is 2.44. The van der Waals surface area contributed by atoms with Gasteiger partial charge in [0.05, 0.1) is 0 Å². The minimum Gasteiger partial charge on any atom is -0.444 e. The van der Waals surface area contributed by atoms with Gasteiger partial charge in [0, 0.05) is 0 Å². The third kappa shape index (κ3) is 4.10. The van der Waals surface area contributed by atoms with Gasteiger partial charge in [0.15, 0.2) is 0 Å². The molecule has 0 spiro atoms. The molecule has 0 radical (unpaired) electrons. The van der Waals surface area contributed by atoms with Gasteiger partial charge in [0.1, 0.15) is 10.5 Å². The van der Waals surface area contributed by atoms with Crippen molar-refractivity contribution in [2.24, 2.45) is 0 Å². The van der Waals surface area contributed by atoms with Gasteiger partial charge in [0.2, 0.25) is 0 Å². The van der Waals surface area contributed by atoms with E-state index in [9.17, 15) is 0 Å². The number of rotatable bonds is 7. The molecule has 0 aliphatic rings. The van der Waals surface area contributed by atoms with Crippen LogP contribution in [0, 0.1) is 0 Å². The Labute approximate surface area is 178 Å². The molecule has 2 nitrogen and oxygen atoms in total. The zero-order chi connectivity index (χ0) is 19.9. The van der Waals surface area contributed by atoms with Crippen LogP contribution in [-0.2, 0) is 8.23 Å². The Kier molecular flexibility index (Phi) is 6.33. The van der Waals surface area contributed by atoms with E-state index in [0.29, 0.717) is 10.5 Å². The molecule has 144 valence electrons. The standard InChI is InChI=1S/C24H24O2Si3/c27-25-28(21-13-5-1-6-14-21)26-29(22-15-7-2-8-16-22,23-17-9-3-10-18-23)24-19-11-4-12-20-24/h1-20,28H,27H3. The molecule has 1 atom stereocenters. The second-order valence-electron chi connectivity index (χ2n) is 6.88. The average Bonchev–Trinajstić information content (AvgIpc) is 2.82. The van der Waals surface area contributed by atoms with Gasteiger partial charge in [-0.3, -0.25) is 0 Å². The van der Waals surface area contributed by atoms with E-state index in [1.54, 1.807) is 0 Å². The summed E-state index contributed by atoms with van der Waals surface area (Å²) in [5, 5.41) is 4.90. The van der Waals surface area contributed by atoms with Crippen LogP contribution in [0.15, 0.2) is 121 Å². The van der Waals surface area contributed by atoms with Crippen LogP contribution in [0.5, 0.6) is 0 Å². The Morgan fingerprint density at radius 2 is 0.862 bits per heavy atom. The summed E-state index contributed by atoms with van der Waals surface area (Å²) < 4.78 is 13.4. The van der Waals surface area contributed by atoms with Crippen LogP contribution in [0.1, 0.15) is 0 Å². The van der Waals surface area contributed by atoms with Gasteiger partial charge in [-0.2, -0.15) is 0 Å². The Morgan fingerprint density at radius 3 is 1.21 bits per heavy atom. The summed E-state index contributed by atoms with van der Waals surface area (Å²) in [5.74, 6) is 0. The minimum atomic E-state index is -2.73. The fourth-order valence-corrected chi connectivity index (χ4v) is 13.1. The maximum Gasteiger partial charge on any atom is 0.335 e. The molecule has 5 heteroatoms. The summed E-state index contributed by atoms with van der Waals surface area (Å²) in [7, 11) is -4.17. The SMILES string of the molecule is [SiH3]O[SiH](O[Si](c1ccccc1)(c1ccccc1)c1ccccc1)c1ccccc1. The van der Waals surface area contributed by atoms with E-state index in [-0.39, 0.29) is 0 Å². The molecule has 0 fully saturated rings. The van der Waals surface area contributed by atoms with Crippen molar-refractivity contribution in [2.45, 2.75) is 0 Å². The molecule has 0 saturated heterocycles. The fraction of sp³-hybridized carbons (Fsp3) is 0. The smallest absolute Gasteiger partial charge is 0.335 e. The summed E-state index contributed by atoms with van der Waals surface area (Å²) >= 11 is 0. The molecule has 0 heterocycles. The van der Waals surface area contributed by atoms with Crippen LogP contribution < -0.4 is 20.7 Å². The van der Waals surface area contributed by atoms with E-state index in [2.05, 4.69) is 115 Å². The van der Waals surface area contributed by atoms with Crippen molar-refractivity contribution in [3.63, 3.8) is 0 Å². The van der Waals surface area contributed by atoms with Gasteiger partial charge >= 0.3 is 9.28 Å². The zero-order valence-corrected chi connectivity index (χ0v) is 20.6. The first-order valence-electron chi connectivity index (χ1n) is 9.77. The minimum absolute atomic E-state index is 0.646. The van der Waals surface area contributed by atoms with Crippen molar-refractivity contribution in [2.75, 3.05) is 0 Å². The molecule has 4 aromatic rings. The number of benzene rings is 4. The quantitative estimate of drug-likeness (QED) is 0.324. The Balaban J connectivity index is 1.95. The van der Waals surface area contributed by atoms with E-state index < -0.39 is 17.6 Å². The maximum atomic E-state index is 7.22. The molecular formula is C24H24O2Si3. The summed E-state index contributed by atoms with van der Waals surface area (Å²) in [6, 6.07) is 42.5. The Morgan fingerprint density at radius 1 is 0.517 bits per heavy atom. The van der Waals surface area contributed by atoms with Crippen LogP contribution >= 0.6 is 0 Å². The van der Waals surface area contributed by atoms with Gasteiger partial charge < -0.3 is 8.23 Å². The summed E-state index contributed by atoms with van der Waals surface area (Å²) in [6.07, 6.45) is 0. The first kappa shape index (κ1) is 19.8. The lowest BCUT2D eigenvalue weighted by Crippen LogP contribution is -2.72. The van der Waals surface area contributed by atoms with E-state index in [1.807, 2.05) is 6.07 Å². The average molecular weight is 429 g/mol. The Bertz CT molecular complexity index is 916. The molecule has 29 heavy (non-hydrogen) atoms. The molecule has 1 unspecified atom stereocenters. The summed E-state index contributed by atoms with van der Waals surface area (Å²) in [5.41, 5.74) is 0. The van der Waals surface area contributed by atoms with Crippen molar-refractivity contribution in [3.8, 4) is 0 Å². The first-order valence-corrected chi connectivity index (χ1v) is 14.0. The van der Waals surface area contributed by atoms with Crippen LogP contribution in [-0.4, -0.2) is 28.1 Å². The zero-order valence-electron chi connectivity index (χ0n) is 16.4. The fourth-order valence-electron chi connectivity index (χ4n) is 3.75. The van der Waals surface area contributed by atoms with Crippen LogP contribution in [0.2, 0.25) is 0 Å². The monoisotopic (exact) mass is 428 g/mol.